The first kappa shape index (κ1) is 23.0. The standard InChI is InChI=1S/C28H29BrN2O4S/c1-30(23(33)7-5-19-13-18(29)15-36-19)20-8-9-28(34)22-12-17-4-6-21(32)25-24(17)27(28,26(20)35-25)10-11-31(22)14-16-2-3-16/h4-9,13,15-16,20,22,26,32,34H,2-3,10-12,14H2,1H3/b7-5+/t20-,22-,26+,27+,28-/m1/s1. The maximum Gasteiger partial charge on any atom is 0.246 e. The van der Waals surface area contributed by atoms with Gasteiger partial charge in [-0.3, -0.25) is 9.69 Å². The second kappa shape index (κ2) is 7.93. The van der Waals surface area contributed by atoms with Crippen molar-refractivity contribution in [3.8, 4) is 11.5 Å². The second-order valence-corrected chi connectivity index (χ2v) is 12.8. The van der Waals surface area contributed by atoms with E-state index in [2.05, 4.69) is 20.8 Å². The number of aliphatic hydroxyl groups is 1. The van der Waals surface area contributed by atoms with Crippen molar-refractivity contribution in [1.29, 1.82) is 0 Å². The van der Waals surface area contributed by atoms with Crippen LogP contribution in [0.4, 0.5) is 0 Å². The van der Waals surface area contributed by atoms with Crippen LogP contribution in [-0.4, -0.2) is 69.8 Å². The van der Waals surface area contributed by atoms with E-state index in [0.29, 0.717) is 5.75 Å². The number of hydrogen-bond donors (Lipinski definition) is 2. The fourth-order valence-electron chi connectivity index (χ4n) is 7.18. The largest absolute Gasteiger partial charge is 0.504 e. The summed E-state index contributed by atoms with van der Waals surface area (Å²) in [5.41, 5.74) is 0.282. The molecule has 6 nitrogen and oxygen atoms in total. The number of carbonyl (C=O) groups is 1. The Bertz CT molecular complexity index is 1320. The van der Waals surface area contributed by atoms with Crippen molar-refractivity contribution in [3.05, 3.63) is 62.3 Å². The zero-order chi connectivity index (χ0) is 24.8. The summed E-state index contributed by atoms with van der Waals surface area (Å²) in [6.45, 7) is 1.90. The number of nitrogens with zero attached hydrogens (tertiary/aromatic N) is 2. The molecule has 5 aliphatic rings. The van der Waals surface area contributed by atoms with E-state index in [9.17, 15) is 15.0 Å². The number of likely N-dealkylation sites (tertiary alicyclic amines) is 1. The molecule has 3 heterocycles. The average Bonchev–Trinajstić information content (AvgIpc) is 3.46. The van der Waals surface area contributed by atoms with Gasteiger partial charge in [-0.2, -0.15) is 0 Å². The summed E-state index contributed by atoms with van der Waals surface area (Å²) in [6.07, 6.45) is 10.9. The van der Waals surface area contributed by atoms with Crippen LogP contribution in [0.15, 0.2) is 46.3 Å². The van der Waals surface area contributed by atoms with Crippen LogP contribution in [0.3, 0.4) is 0 Å². The first-order valence-corrected chi connectivity index (χ1v) is 14.4. The van der Waals surface area contributed by atoms with Crippen molar-refractivity contribution in [3.63, 3.8) is 0 Å². The summed E-state index contributed by atoms with van der Waals surface area (Å²) >= 11 is 5.02. The Morgan fingerprint density at radius 2 is 2.22 bits per heavy atom. The highest BCUT2D eigenvalue weighted by Gasteiger charge is 2.72. The van der Waals surface area contributed by atoms with E-state index in [4.69, 9.17) is 4.74 Å². The van der Waals surface area contributed by atoms with Gasteiger partial charge in [0.25, 0.3) is 0 Å². The highest BCUT2D eigenvalue weighted by molar-refractivity contribution is 9.10. The van der Waals surface area contributed by atoms with Gasteiger partial charge in [0.2, 0.25) is 5.91 Å². The van der Waals surface area contributed by atoms with Crippen molar-refractivity contribution in [2.24, 2.45) is 5.92 Å². The molecule has 2 fully saturated rings. The van der Waals surface area contributed by atoms with Gasteiger partial charge in [0, 0.05) is 46.0 Å². The van der Waals surface area contributed by atoms with Crippen LogP contribution in [0.1, 0.15) is 35.3 Å². The number of benzene rings is 1. The number of halogens is 1. The molecular formula is C28H29BrN2O4S. The van der Waals surface area contributed by atoms with Crippen LogP contribution in [0.5, 0.6) is 11.5 Å². The zero-order valence-corrected chi connectivity index (χ0v) is 22.5. The highest BCUT2D eigenvalue weighted by Crippen LogP contribution is 2.64. The van der Waals surface area contributed by atoms with E-state index < -0.39 is 17.1 Å². The maximum absolute atomic E-state index is 13.3. The first-order chi connectivity index (χ1) is 17.3. The van der Waals surface area contributed by atoms with E-state index in [1.807, 2.05) is 35.7 Å². The van der Waals surface area contributed by atoms with Crippen molar-refractivity contribution in [2.45, 2.75) is 54.9 Å². The lowest BCUT2D eigenvalue weighted by atomic mass is 9.50. The minimum absolute atomic E-state index is 0.0451. The Balaban J connectivity index is 1.29. The van der Waals surface area contributed by atoms with Crippen LogP contribution in [0.2, 0.25) is 0 Å². The van der Waals surface area contributed by atoms with Crippen molar-refractivity contribution >= 4 is 39.2 Å². The number of thiophene rings is 1. The predicted octanol–water partition coefficient (Wildman–Crippen LogP) is 4.10. The smallest absolute Gasteiger partial charge is 0.246 e. The van der Waals surface area contributed by atoms with E-state index >= 15 is 0 Å². The molecule has 0 radical (unpaired) electrons. The topological polar surface area (TPSA) is 73.2 Å². The molecular weight excluding hydrogens is 540 g/mol. The molecule has 7 rings (SSSR count). The molecule has 2 aromatic rings. The summed E-state index contributed by atoms with van der Waals surface area (Å²) < 4.78 is 7.55. The van der Waals surface area contributed by atoms with E-state index in [1.54, 1.807) is 35.4 Å². The number of piperidine rings is 1. The zero-order valence-electron chi connectivity index (χ0n) is 20.1. The molecule has 2 aliphatic heterocycles. The molecule has 1 spiro atoms. The molecule has 1 saturated heterocycles. The fourth-order valence-corrected chi connectivity index (χ4v) is 8.52. The number of amides is 1. The molecule has 2 bridgehead atoms. The third-order valence-electron chi connectivity index (χ3n) is 9.09. The summed E-state index contributed by atoms with van der Waals surface area (Å²) in [4.78, 5) is 18.4. The predicted molar refractivity (Wildman–Crippen MR) is 142 cm³/mol. The van der Waals surface area contributed by atoms with Gasteiger partial charge >= 0.3 is 0 Å². The van der Waals surface area contributed by atoms with Gasteiger partial charge in [-0.05, 0) is 77.8 Å². The molecule has 1 aromatic carbocycles. The van der Waals surface area contributed by atoms with E-state index in [1.165, 1.54) is 12.8 Å². The SMILES string of the molecule is CN(C(=O)/C=C/c1cc(Br)cs1)[C@@H]1C=C[C@@]2(O)[C@H]3Cc4ccc(O)c5c4[C@@]2(CCN3CC2CC2)[C@H]1O5. The number of likely N-dealkylation sites (N-methyl/N-ethyl adjacent to an activating group) is 1. The Labute approximate surface area is 223 Å². The Morgan fingerprint density at radius 3 is 2.97 bits per heavy atom. The molecule has 188 valence electrons. The minimum atomic E-state index is -1.11. The molecule has 8 heteroatoms. The lowest BCUT2D eigenvalue weighted by Gasteiger charge is -2.62. The maximum atomic E-state index is 13.3. The normalized spacial score (nSPS) is 34.0. The number of rotatable bonds is 5. The van der Waals surface area contributed by atoms with E-state index in [-0.39, 0.29) is 23.7 Å². The van der Waals surface area contributed by atoms with Crippen LogP contribution < -0.4 is 4.74 Å². The van der Waals surface area contributed by atoms with Crippen molar-refractivity contribution in [2.75, 3.05) is 20.1 Å². The molecule has 36 heavy (non-hydrogen) atoms. The molecule has 1 amide bonds. The Morgan fingerprint density at radius 1 is 1.39 bits per heavy atom. The summed E-state index contributed by atoms with van der Waals surface area (Å²) in [6, 6.07) is 5.28. The first-order valence-electron chi connectivity index (χ1n) is 12.7. The Hall–Kier alpha value is -2.13. The van der Waals surface area contributed by atoms with E-state index in [0.717, 1.165) is 52.3 Å². The van der Waals surface area contributed by atoms with Gasteiger partial charge < -0.3 is 19.8 Å². The van der Waals surface area contributed by atoms with Gasteiger partial charge in [0.15, 0.2) is 11.5 Å². The number of aromatic hydroxyl groups is 1. The molecule has 1 aromatic heterocycles. The number of carbonyl (C=O) groups excluding carboxylic acids is 1. The van der Waals surface area contributed by atoms with Gasteiger partial charge in [0.1, 0.15) is 11.7 Å². The monoisotopic (exact) mass is 568 g/mol. The highest BCUT2D eigenvalue weighted by atomic mass is 79.9. The van der Waals surface area contributed by atoms with Crippen molar-refractivity contribution < 1.29 is 19.7 Å². The molecule has 1 saturated carbocycles. The van der Waals surface area contributed by atoms with Gasteiger partial charge in [-0.15, -0.1) is 11.3 Å². The van der Waals surface area contributed by atoms with Crippen LogP contribution >= 0.6 is 27.3 Å². The van der Waals surface area contributed by atoms with Crippen molar-refractivity contribution in [1.82, 2.24) is 9.80 Å². The number of ether oxygens (including phenoxy) is 1. The quantitative estimate of drug-likeness (QED) is 0.419. The molecule has 2 N–H and O–H groups in total. The van der Waals surface area contributed by atoms with Gasteiger partial charge in [-0.1, -0.05) is 18.2 Å². The average molecular weight is 570 g/mol. The van der Waals surface area contributed by atoms with Crippen LogP contribution in [0, 0.1) is 5.92 Å². The summed E-state index contributed by atoms with van der Waals surface area (Å²) in [7, 11) is 1.79. The Kier molecular flexibility index (Phi) is 5.07. The third-order valence-corrected chi connectivity index (χ3v) is 10.7. The molecule has 5 atom stereocenters. The summed E-state index contributed by atoms with van der Waals surface area (Å²) in [5, 5.41) is 25.3. The van der Waals surface area contributed by atoms with Crippen LogP contribution in [-0.2, 0) is 16.6 Å². The number of phenolic OH excluding ortho intramolecular Hbond substituents is 1. The molecule has 3 aliphatic carbocycles. The lowest BCUT2D eigenvalue weighted by molar-refractivity contribution is -0.154. The van der Waals surface area contributed by atoms with Gasteiger partial charge in [-0.25, -0.2) is 0 Å². The lowest BCUT2D eigenvalue weighted by Crippen LogP contribution is -2.76. The van der Waals surface area contributed by atoms with Crippen LogP contribution in [0.25, 0.3) is 6.08 Å². The molecule has 0 unspecified atom stereocenters. The second-order valence-electron chi connectivity index (χ2n) is 11.0. The minimum Gasteiger partial charge on any atom is -0.504 e. The summed E-state index contributed by atoms with van der Waals surface area (Å²) in [5.74, 6) is 1.20. The third kappa shape index (κ3) is 3.11. The van der Waals surface area contributed by atoms with Gasteiger partial charge in [0.05, 0.1) is 11.5 Å². The fraction of sp³-hybridized carbons (Fsp3) is 0.464. The number of hydrogen-bond acceptors (Lipinski definition) is 6. The number of phenols is 1.